The minimum Gasteiger partial charge on any atom is -0.497 e. The van der Waals surface area contributed by atoms with Crippen LogP contribution >= 0.6 is 11.8 Å². The summed E-state index contributed by atoms with van der Waals surface area (Å²) < 4.78 is 26.1. The number of methoxy groups -OCH3 is 2. The largest absolute Gasteiger partial charge is 0.497 e. The number of benzene rings is 3. The minimum absolute atomic E-state index is 0.0332. The summed E-state index contributed by atoms with van der Waals surface area (Å²) in [5.74, 6) is 1.31. The molecule has 1 amide bonds. The number of carbonyl (C=O) groups is 1. The lowest BCUT2D eigenvalue weighted by Crippen LogP contribution is -2.20. The van der Waals surface area contributed by atoms with Gasteiger partial charge in [0.2, 0.25) is 0 Å². The van der Waals surface area contributed by atoms with E-state index in [4.69, 9.17) is 9.47 Å². The van der Waals surface area contributed by atoms with Crippen LogP contribution in [0.4, 0.5) is 4.39 Å². The van der Waals surface area contributed by atoms with E-state index >= 15 is 0 Å². The third kappa shape index (κ3) is 5.85. The van der Waals surface area contributed by atoms with Crippen molar-refractivity contribution >= 4 is 23.9 Å². The van der Waals surface area contributed by atoms with Crippen LogP contribution in [0.2, 0.25) is 0 Å². The predicted molar refractivity (Wildman–Crippen MR) is 133 cm³/mol. The van der Waals surface area contributed by atoms with Crippen molar-refractivity contribution in [2.24, 2.45) is 5.10 Å². The number of thioether (sulfide) groups is 1. The third-order valence-electron chi connectivity index (χ3n) is 4.94. The van der Waals surface area contributed by atoms with E-state index in [1.165, 1.54) is 24.0 Å². The average molecular weight is 492 g/mol. The molecule has 4 aromatic rings. The summed E-state index contributed by atoms with van der Waals surface area (Å²) in [6, 6.07) is 21.1. The average Bonchev–Trinajstić information content (AvgIpc) is 3.32. The highest BCUT2D eigenvalue weighted by Gasteiger charge is 2.17. The minimum atomic E-state index is -0.418. The molecule has 0 atom stereocenters. The van der Waals surface area contributed by atoms with Gasteiger partial charge < -0.3 is 9.47 Å². The van der Waals surface area contributed by atoms with Crippen LogP contribution in [0.25, 0.3) is 17.1 Å². The molecule has 10 heteroatoms. The quantitative estimate of drug-likeness (QED) is 0.213. The van der Waals surface area contributed by atoms with Crippen LogP contribution in [0.5, 0.6) is 11.5 Å². The highest BCUT2D eigenvalue weighted by molar-refractivity contribution is 7.99. The van der Waals surface area contributed by atoms with Crippen molar-refractivity contribution in [2.45, 2.75) is 5.16 Å². The van der Waals surface area contributed by atoms with Crippen molar-refractivity contribution in [3.05, 3.63) is 84.2 Å². The second kappa shape index (κ2) is 11.3. The first-order valence-electron chi connectivity index (χ1n) is 10.5. The van der Waals surface area contributed by atoms with Crippen molar-refractivity contribution < 1.29 is 18.7 Å². The maximum Gasteiger partial charge on any atom is 0.250 e. The SMILES string of the molecule is COc1ccc(-c2nnc(SCC(=O)N/N=C\c3ccccc3F)n2-c2ccc(OC)cc2)cc1. The van der Waals surface area contributed by atoms with Gasteiger partial charge in [-0.05, 0) is 54.6 Å². The molecule has 0 bridgehead atoms. The number of aromatic nitrogens is 3. The van der Waals surface area contributed by atoms with Crippen LogP contribution in [0.15, 0.2) is 83.1 Å². The lowest BCUT2D eigenvalue weighted by molar-refractivity contribution is -0.118. The molecule has 0 aliphatic rings. The molecule has 0 saturated heterocycles. The maximum atomic E-state index is 13.7. The highest BCUT2D eigenvalue weighted by Crippen LogP contribution is 2.29. The normalized spacial score (nSPS) is 10.9. The number of hydrogen-bond acceptors (Lipinski definition) is 7. The van der Waals surface area contributed by atoms with Crippen molar-refractivity contribution in [3.63, 3.8) is 0 Å². The van der Waals surface area contributed by atoms with Gasteiger partial charge >= 0.3 is 0 Å². The molecule has 3 aromatic carbocycles. The first-order valence-corrected chi connectivity index (χ1v) is 11.5. The van der Waals surface area contributed by atoms with E-state index in [-0.39, 0.29) is 17.2 Å². The second-order valence-corrected chi connectivity index (χ2v) is 8.11. The molecule has 1 aromatic heterocycles. The molecule has 1 N–H and O–H groups in total. The number of ether oxygens (including phenoxy) is 2. The fraction of sp³-hybridized carbons (Fsp3) is 0.120. The number of halogens is 1. The van der Waals surface area contributed by atoms with E-state index in [1.807, 2.05) is 53.1 Å². The zero-order valence-corrected chi connectivity index (χ0v) is 19.8. The van der Waals surface area contributed by atoms with Crippen molar-refractivity contribution in [2.75, 3.05) is 20.0 Å². The number of hydrazone groups is 1. The highest BCUT2D eigenvalue weighted by atomic mass is 32.2. The molecule has 8 nitrogen and oxygen atoms in total. The molecule has 4 rings (SSSR count). The third-order valence-corrected chi connectivity index (χ3v) is 5.87. The van der Waals surface area contributed by atoms with Crippen LogP contribution in [0.1, 0.15) is 5.56 Å². The van der Waals surface area contributed by atoms with Gasteiger partial charge in [-0.15, -0.1) is 10.2 Å². The smallest absolute Gasteiger partial charge is 0.250 e. The summed E-state index contributed by atoms with van der Waals surface area (Å²) in [7, 11) is 3.21. The summed E-state index contributed by atoms with van der Waals surface area (Å²) in [6.45, 7) is 0. The molecule has 0 aliphatic carbocycles. The van der Waals surface area contributed by atoms with Crippen molar-refractivity contribution in [1.82, 2.24) is 20.2 Å². The standard InChI is InChI=1S/C25H22FN5O3S/c1-33-20-11-7-17(8-12-20)24-29-30-25(31(24)19-9-13-21(34-2)14-10-19)35-16-23(32)28-27-15-18-5-3-4-6-22(18)26/h3-15H,16H2,1-2H3,(H,28,32)/b27-15-. The van der Waals surface area contributed by atoms with Crippen LogP contribution in [-0.4, -0.2) is 46.9 Å². The Morgan fingerprint density at radius 1 is 1.00 bits per heavy atom. The Labute approximate surface area is 205 Å². The second-order valence-electron chi connectivity index (χ2n) is 7.17. The maximum absolute atomic E-state index is 13.7. The molecule has 0 aliphatic heterocycles. The fourth-order valence-electron chi connectivity index (χ4n) is 3.17. The first kappa shape index (κ1) is 24.0. The summed E-state index contributed by atoms with van der Waals surface area (Å²) in [5, 5.41) is 13.0. The molecule has 35 heavy (non-hydrogen) atoms. The fourth-order valence-corrected chi connectivity index (χ4v) is 3.91. The molecule has 0 fully saturated rings. The Morgan fingerprint density at radius 2 is 1.66 bits per heavy atom. The molecule has 0 radical (unpaired) electrons. The van der Waals surface area contributed by atoms with E-state index in [1.54, 1.807) is 32.4 Å². The molecule has 178 valence electrons. The van der Waals surface area contributed by atoms with Gasteiger partial charge in [0.05, 0.1) is 26.2 Å². The zero-order valence-electron chi connectivity index (χ0n) is 19.0. The van der Waals surface area contributed by atoms with Gasteiger partial charge in [0.1, 0.15) is 17.3 Å². The van der Waals surface area contributed by atoms with E-state index in [2.05, 4.69) is 20.7 Å². The zero-order chi connectivity index (χ0) is 24.6. The van der Waals surface area contributed by atoms with E-state index in [0.29, 0.717) is 16.7 Å². The summed E-state index contributed by atoms with van der Waals surface area (Å²) in [5.41, 5.74) is 4.33. The molecule has 0 unspecified atom stereocenters. The van der Waals surface area contributed by atoms with Crippen LogP contribution in [0, 0.1) is 5.82 Å². The van der Waals surface area contributed by atoms with Gasteiger partial charge in [-0.25, -0.2) is 9.82 Å². The van der Waals surface area contributed by atoms with Crippen LogP contribution < -0.4 is 14.9 Å². The van der Waals surface area contributed by atoms with Crippen LogP contribution in [-0.2, 0) is 4.79 Å². The van der Waals surface area contributed by atoms with Gasteiger partial charge in [0.15, 0.2) is 11.0 Å². The number of amides is 1. The number of rotatable bonds is 9. The number of nitrogens with one attached hydrogen (secondary N) is 1. The Bertz CT molecular complexity index is 1320. The molecule has 1 heterocycles. The van der Waals surface area contributed by atoms with E-state index in [9.17, 15) is 9.18 Å². The van der Waals surface area contributed by atoms with Gasteiger partial charge in [-0.3, -0.25) is 9.36 Å². The number of hydrogen-bond donors (Lipinski definition) is 1. The summed E-state index contributed by atoms with van der Waals surface area (Å²) >= 11 is 1.21. The van der Waals surface area contributed by atoms with Gasteiger partial charge in [0.25, 0.3) is 5.91 Å². The molecular formula is C25H22FN5O3S. The summed E-state index contributed by atoms with van der Waals surface area (Å²) in [4.78, 5) is 12.3. The lowest BCUT2D eigenvalue weighted by Gasteiger charge is -2.11. The number of carbonyl (C=O) groups excluding carboxylic acids is 1. The predicted octanol–water partition coefficient (Wildman–Crippen LogP) is 4.33. The van der Waals surface area contributed by atoms with Crippen LogP contribution in [0.3, 0.4) is 0 Å². The topological polar surface area (TPSA) is 90.6 Å². The Kier molecular flexibility index (Phi) is 7.74. The molecule has 0 saturated carbocycles. The monoisotopic (exact) mass is 491 g/mol. The Morgan fingerprint density at radius 3 is 2.31 bits per heavy atom. The Balaban J connectivity index is 1.54. The lowest BCUT2D eigenvalue weighted by atomic mass is 10.2. The van der Waals surface area contributed by atoms with Gasteiger partial charge in [0, 0.05) is 16.8 Å². The summed E-state index contributed by atoms with van der Waals surface area (Å²) in [6.07, 6.45) is 1.26. The van der Waals surface area contributed by atoms with Gasteiger partial charge in [-0.1, -0.05) is 30.0 Å². The van der Waals surface area contributed by atoms with Crippen molar-refractivity contribution in [1.29, 1.82) is 0 Å². The molecule has 0 spiro atoms. The van der Waals surface area contributed by atoms with E-state index in [0.717, 1.165) is 17.0 Å². The van der Waals surface area contributed by atoms with Crippen molar-refractivity contribution in [3.8, 4) is 28.6 Å². The molecular weight excluding hydrogens is 469 g/mol. The Hall–Kier alpha value is -4.18. The number of nitrogens with zero attached hydrogens (tertiary/aromatic N) is 4. The van der Waals surface area contributed by atoms with Gasteiger partial charge in [-0.2, -0.15) is 5.10 Å². The first-order chi connectivity index (χ1) is 17.1. The van der Waals surface area contributed by atoms with E-state index < -0.39 is 5.82 Å².